The number of anilines is 1. The van der Waals surface area contributed by atoms with E-state index in [2.05, 4.69) is 19.2 Å². The molecule has 0 radical (unpaired) electrons. The molecule has 1 aliphatic rings. The van der Waals surface area contributed by atoms with E-state index in [1.165, 1.54) is 12.1 Å². The van der Waals surface area contributed by atoms with E-state index in [0.717, 1.165) is 19.4 Å². The predicted molar refractivity (Wildman–Crippen MR) is 78.9 cm³/mol. The first kappa shape index (κ1) is 15.2. The first-order valence-electron chi connectivity index (χ1n) is 7.48. The lowest BCUT2D eigenvalue weighted by Gasteiger charge is -2.24. The van der Waals surface area contributed by atoms with Crippen molar-refractivity contribution < 1.29 is 8.78 Å². The van der Waals surface area contributed by atoms with E-state index in [1.54, 1.807) is 0 Å². The van der Waals surface area contributed by atoms with E-state index in [1.807, 2.05) is 11.8 Å². The highest BCUT2D eigenvalue weighted by atomic mass is 19.1. The van der Waals surface area contributed by atoms with Crippen LogP contribution in [0.25, 0.3) is 0 Å². The number of hydrogen-bond donors (Lipinski definition) is 1. The average molecular weight is 282 g/mol. The Morgan fingerprint density at radius 2 is 1.85 bits per heavy atom. The smallest absolute Gasteiger partial charge is 0.149 e. The summed E-state index contributed by atoms with van der Waals surface area (Å²) in [5, 5.41) is 3.21. The van der Waals surface area contributed by atoms with Gasteiger partial charge in [-0.1, -0.05) is 13.8 Å². The first-order chi connectivity index (χ1) is 9.52. The Balaban J connectivity index is 2.11. The third kappa shape index (κ3) is 3.69. The van der Waals surface area contributed by atoms with Crippen molar-refractivity contribution in [2.75, 3.05) is 18.0 Å². The first-order valence-corrected chi connectivity index (χ1v) is 7.48. The van der Waals surface area contributed by atoms with E-state index in [4.69, 9.17) is 0 Å². The lowest BCUT2D eigenvalue weighted by atomic mass is 10.1. The minimum atomic E-state index is -0.444. The minimum Gasteiger partial charge on any atom is -0.364 e. The van der Waals surface area contributed by atoms with Gasteiger partial charge in [-0.3, -0.25) is 0 Å². The molecular weight excluding hydrogens is 258 g/mol. The van der Waals surface area contributed by atoms with E-state index in [-0.39, 0.29) is 5.69 Å². The van der Waals surface area contributed by atoms with Crippen LogP contribution in [0.2, 0.25) is 0 Å². The van der Waals surface area contributed by atoms with Crippen LogP contribution in [-0.4, -0.2) is 19.1 Å². The summed E-state index contributed by atoms with van der Waals surface area (Å²) in [5.74, 6) is -0.366. The molecule has 0 amide bonds. The molecule has 0 spiro atoms. The molecule has 0 aliphatic heterocycles. The summed E-state index contributed by atoms with van der Waals surface area (Å²) in [6.07, 6.45) is 2.06. The predicted octanol–water partition coefficient (Wildman–Crippen LogP) is 3.70. The van der Waals surface area contributed by atoms with Gasteiger partial charge >= 0.3 is 0 Å². The average Bonchev–Trinajstić information content (AvgIpc) is 3.17. The summed E-state index contributed by atoms with van der Waals surface area (Å²) >= 11 is 0. The van der Waals surface area contributed by atoms with Crippen molar-refractivity contribution in [3.05, 3.63) is 29.3 Å². The van der Waals surface area contributed by atoms with Gasteiger partial charge in [0.2, 0.25) is 0 Å². The van der Waals surface area contributed by atoms with Gasteiger partial charge in [-0.2, -0.15) is 0 Å². The van der Waals surface area contributed by atoms with Crippen molar-refractivity contribution in [3.63, 3.8) is 0 Å². The Morgan fingerprint density at radius 3 is 2.30 bits per heavy atom. The fourth-order valence-corrected chi connectivity index (χ4v) is 2.48. The lowest BCUT2D eigenvalue weighted by molar-refractivity contribution is 0.541. The molecule has 4 heteroatoms. The molecule has 0 saturated heterocycles. The fourth-order valence-electron chi connectivity index (χ4n) is 2.48. The molecule has 112 valence electrons. The van der Waals surface area contributed by atoms with Crippen molar-refractivity contribution in [1.29, 1.82) is 0 Å². The molecule has 2 nitrogen and oxygen atoms in total. The van der Waals surface area contributed by atoms with Crippen molar-refractivity contribution >= 4 is 5.69 Å². The molecule has 1 N–H and O–H groups in total. The maximum absolute atomic E-state index is 14.2. The summed E-state index contributed by atoms with van der Waals surface area (Å²) in [6.45, 7) is 8.13. The van der Waals surface area contributed by atoms with Gasteiger partial charge in [-0.25, -0.2) is 8.78 Å². The van der Waals surface area contributed by atoms with Gasteiger partial charge in [0.25, 0.3) is 0 Å². The molecule has 1 saturated carbocycles. The molecule has 2 rings (SSSR count). The second-order valence-electron chi connectivity index (χ2n) is 5.95. The van der Waals surface area contributed by atoms with Crippen LogP contribution in [0.4, 0.5) is 14.5 Å². The Labute approximate surface area is 120 Å². The Morgan fingerprint density at radius 1 is 1.25 bits per heavy atom. The summed E-state index contributed by atoms with van der Waals surface area (Å²) in [6, 6.07) is 3.22. The maximum atomic E-state index is 14.2. The Kier molecular flexibility index (Phi) is 4.97. The molecule has 0 unspecified atom stereocenters. The third-order valence-electron chi connectivity index (χ3n) is 3.57. The highest BCUT2D eigenvalue weighted by Crippen LogP contribution is 2.34. The molecule has 1 fully saturated rings. The monoisotopic (exact) mass is 282 g/mol. The van der Waals surface area contributed by atoms with Crippen LogP contribution in [0.3, 0.4) is 0 Å². The van der Waals surface area contributed by atoms with Crippen molar-refractivity contribution in [2.24, 2.45) is 5.92 Å². The van der Waals surface area contributed by atoms with Gasteiger partial charge in [0.05, 0.1) is 0 Å². The van der Waals surface area contributed by atoms with E-state index >= 15 is 0 Å². The lowest BCUT2D eigenvalue weighted by Crippen LogP contribution is -2.27. The van der Waals surface area contributed by atoms with Crippen LogP contribution in [0.15, 0.2) is 12.1 Å². The van der Waals surface area contributed by atoms with Crippen molar-refractivity contribution in [2.45, 2.75) is 46.2 Å². The van der Waals surface area contributed by atoms with Gasteiger partial charge < -0.3 is 10.2 Å². The standard InChI is InChI=1S/C16H24F2N2/c1-4-20(13-5-6-13)16-14(17)7-12(8-15(16)18)10-19-9-11(2)3/h7-8,11,13,19H,4-6,9-10H2,1-3H3. The minimum absolute atomic E-state index is 0.141. The number of benzene rings is 1. The second-order valence-corrected chi connectivity index (χ2v) is 5.95. The Bertz CT molecular complexity index is 433. The van der Waals surface area contributed by atoms with Gasteiger partial charge in [0.1, 0.15) is 17.3 Å². The van der Waals surface area contributed by atoms with E-state index < -0.39 is 11.6 Å². The summed E-state index contributed by atoms with van der Waals surface area (Å²) < 4.78 is 28.4. The SMILES string of the molecule is CCN(c1c(F)cc(CNCC(C)C)cc1F)C1CC1. The molecule has 0 bridgehead atoms. The molecule has 1 aromatic carbocycles. The highest BCUT2D eigenvalue weighted by Gasteiger charge is 2.31. The molecule has 0 atom stereocenters. The molecule has 20 heavy (non-hydrogen) atoms. The topological polar surface area (TPSA) is 15.3 Å². The van der Waals surface area contributed by atoms with Gasteiger partial charge in [0, 0.05) is 19.1 Å². The zero-order valence-electron chi connectivity index (χ0n) is 12.5. The zero-order chi connectivity index (χ0) is 14.7. The number of halogens is 2. The van der Waals surface area contributed by atoms with Crippen molar-refractivity contribution in [3.8, 4) is 0 Å². The fraction of sp³-hybridized carbons (Fsp3) is 0.625. The largest absolute Gasteiger partial charge is 0.364 e. The zero-order valence-corrected chi connectivity index (χ0v) is 12.5. The van der Waals surface area contributed by atoms with Crippen LogP contribution in [-0.2, 0) is 6.54 Å². The number of nitrogens with zero attached hydrogens (tertiary/aromatic N) is 1. The van der Waals surface area contributed by atoms with Crippen LogP contribution in [0, 0.1) is 17.6 Å². The van der Waals surface area contributed by atoms with Crippen LogP contribution >= 0.6 is 0 Å². The molecule has 1 aromatic rings. The van der Waals surface area contributed by atoms with Crippen LogP contribution < -0.4 is 10.2 Å². The summed E-state index contributed by atoms with van der Waals surface area (Å²) in [5.41, 5.74) is 0.804. The maximum Gasteiger partial charge on any atom is 0.149 e. The Hall–Kier alpha value is -1.16. The van der Waals surface area contributed by atoms with Gasteiger partial charge in [-0.15, -0.1) is 0 Å². The van der Waals surface area contributed by atoms with E-state index in [0.29, 0.717) is 30.6 Å². The number of rotatable bonds is 7. The molecule has 1 aliphatic carbocycles. The van der Waals surface area contributed by atoms with Crippen LogP contribution in [0.5, 0.6) is 0 Å². The third-order valence-corrected chi connectivity index (χ3v) is 3.57. The van der Waals surface area contributed by atoms with E-state index in [9.17, 15) is 8.78 Å². The van der Waals surface area contributed by atoms with Gasteiger partial charge in [0.15, 0.2) is 0 Å². The summed E-state index contributed by atoms with van der Waals surface area (Å²) in [7, 11) is 0. The quantitative estimate of drug-likeness (QED) is 0.820. The highest BCUT2D eigenvalue weighted by molar-refractivity contribution is 5.52. The molecule has 0 aromatic heterocycles. The van der Waals surface area contributed by atoms with Gasteiger partial charge in [-0.05, 0) is 49.9 Å². The second kappa shape index (κ2) is 6.53. The molecule has 0 heterocycles. The van der Waals surface area contributed by atoms with Crippen molar-refractivity contribution in [1.82, 2.24) is 5.32 Å². The molecular formula is C16H24F2N2. The number of nitrogens with one attached hydrogen (secondary N) is 1. The summed E-state index contributed by atoms with van der Waals surface area (Å²) in [4.78, 5) is 1.84. The van der Waals surface area contributed by atoms with Crippen LogP contribution in [0.1, 0.15) is 39.2 Å². The number of hydrogen-bond acceptors (Lipinski definition) is 2. The normalized spacial score (nSPS) is 14.9.